The number of nitrogens with two attached hydrogens (primary N) is 1. The zero-order valence-corrected chi connectivity index (χ0v) is 9.66. The average Bonchev–Trinajstić information content (AvgIpc) is 2.58. The Hall–Kier alpha value is -1.59. The van der Waals surface area contributed by atoms with Gasteiger partial charge in [-0.05, 0) is 30.0 Å². The van der Waals surface area contributed by atoms with Crippen molar-refractivity contribution in [1.29, 1.82) is 0 Å². The third kappa shape index (κ3) is 2.11. The first-order valence-corrected chi connectivity index (χ1v) is 4.90. The van der Waals surface area contributed by atoms with E-state index in [1.165, 1.54) is 6.07 Å². The van der Waals surface area contributed by atoms with Crippen LogP contribution in [0.4, 0.5) is 0 Å². The second kappa shape index (κ2) is 4.73. The molecular formula is C11H12ClNO4. The number of carbonyl (C=O) groups is 2. The molecule has 0 aliphatic heterocycles. The van der Waals surface area contributed by atoms with Gasteiger partial charge in [0.1, 0.15) is 0 Å². The predicted molar refractivity (Wildman–Crippen MR) is 62.9 cm³/mol. The summed E-state index contributed by atoms with van der Waals surface area (Å²) in [6.45, 7) is 0. The van der Waals surface area contributed by atoms with Gasteiger partial charge in [-0.1, -0.05) is 6.07 Å². The van der Waals surface area contributed by atoms with E-state index in [9.17, 15) is 9.59 Å². The summed E-state index contributed by atoms with van der Waals surface area (Å²) >= 11 is 0. The van der Waals surface area contributed by atoms with E-state index in [0.717, 1.165) is 5.56 Å². The summed E-state index contributed by atoms with van der Waals surface area (Å²) in [4.78, 5) is 22.0. The molecule has 0 aromatic heterocycles. The maximum atomic E-state index is 11.1. The van der Waals surface area contributed by atoms with E-state index in [4.69, 9.17) is 15.9 Å². The number of benzene rings is 1. The van der Waals surface area contributed by atoms with Gasteiger partial charge in [0.05, 0.1) is 11.1 Å². The van der Waals surface area contributed by atoms with Crippen LogP contribution < -0.4 is 5.73 Å². The molecule has 0 saturated heterocycles. The lowest BCUT2D eigenvalue weighted by Crippen LogP contribution is -2.12. The van der Waals surface area contributed by atoms with Crippen molar-refractivity contribution < 1.29 is 19.8 Å². The fourth-order valence-corrected chi connectivity index (χ4v) is 2.16. The molecule has 0 bridgehead atoms. The summed E-state index contributed by atoms with van der Waals surface area (Å²) in [6, 6.07) is 2.74. The SMILES string of the molecule is Cl.NC1CCc2c1ccc(C(=O)O)c2C(=O)O. The molecule has 1 unspecified atom stereocenters. The average molecular weight is 258 g/mol. The first-order chi connectivity index (χ1) is 7.52. The van der Waals surface area contributed by atoms with Gasteiger partial charge in [0.15, 0.2) is 0 Å². The number of hydrogen-bond acceptors (Lipinski definition) is 3. The van der Waals surface area contributed by atoms with Crippen LogP contribution >= 0.6 is 12.4 Å². The Kier molecular flexibility index (Phi) is 3.75. The van der Waals surface area contributed by atoms with Crippen LogP contribution in [0.2, 0.25) is 0 Å². The quantitative estimate of drug-likeness (QED) is 0.744. The lowest BCUT2D eigenvalue weighted by molar-refractivity contribution is 0.0650. The minimum atomic E-state index is -1.22. The van der Waals surface area contributed by atoms with Gasteiger partial charge < -0.3 is 15.9 Å². The molecule has 0 radical (unpaired) electrons. The van der Waals surface area contributed by atoms with Gasteiger partial charge in [0.2, 0.25) is 0 Å². The van der Waals surface area contributed by atoms with E-state index in [2.05, 4.69) is 0 Å². The van der Waals surface area contributed by atoms with Crippen LogP contribution in [0.1, 0.15) is 44.3 Å². The maximum Gasteiger partial charge on any atom is 0.336 e. The summed E-state index contributed by atoms with van der Waals surface area (Å²) in [5.74, 6) is -2.43. The Morgan fingerprint density at radius 1 is 1.24 bits per heavy atom. The van der Waals surface area contributed by atoms with Gasteiger partial charge in [-0.15, -0.1) is 12.4 Å². The van der Waals surface area contributed by atoms with Crippen LogP contribution in [0.5, 0.6) is 0 Å². The van der Waals surface area contributed by atoms with Crippen molar-refractivity contribution in [2.45, 2.75) is 18.9 Å². The lowest BCUT2D eigenvalue weighted by Gasteiger charge is -2.09. The summed E-state index contributed by atoms with van der Waals surface area (Å²) in [6.07, 6.45) is 1.19. The molecular weight excluding hydrogens is 246 g/mol. The zero-order chi connectivity index (χ0) is 11.9. The van der Waals surface area contributed by atoms with Crippen LogP contribution in [-0.4, -0.2) is 22.2 Å². The molecule has 4 N–H and O–H groups in total. The number of halogens is 1. The minimum Gasteiger partial charge on any atom is -0.478 e. The summed E-state index contributed by atoms with van der Waals surface area (Å²) in [7, 11) is 0. The van der Waals surface area contributed by atoms with E-state index in [1.807, 2.05) is 0 Å². The molecule has 5 nitrogen and oxygen atoms in total. The molecule has 0 amide bonds. The molecule has 0 heterocycles. The highest BCUT2D eigenvalue weighted by Crippen LogP contribution is 2.33. The number of hydrogen-bond donors (Lipinski definition) is 3. The lowest BCUT2D eigenvalue weighted by atomic mass is 9.97. The largest absolute Gasteiger partial charge is 0.478 e. The third-order valence-electron chi connectivity index (χ3n) is 2.90. The Bertz CT molecular complexity index is 487. The Morgan fingerprint density at radius 3 is 2.41 bits per heavy atom. The zero-order valence-electron chi connectivity index (χ0n) is 8.84. The predicted octanol–water partition coefficient (Wildman–Crippen LogP) is 1.45. The summed E-state index contributed by atoms with van der Waals surface area (Å²) < 4.78 is 0. The molecule has 6 heteroatoms. The fourth-order valence-electron chi connectivity index (χ4n) is 2.16. The van der Waals surface area contributed by atoms with Crippen LogP contribution in [-0.2, 0) is 6.42 Å². The Labute approximate surface area is 104 Å². The highest BCUT2D eigenvalue weighted by molar-refractivity contribution is 6.03. The molecule has 0 fully saturated rings. The topological polar surface area (TPSA) is 101 Å². The molecule has 0 saturated carbocycles. The van der Waals surface area contributed by atoms with Crippen molar-refractivity contribution in [3.8, 4) is 0 Å². The first-order valence-electron chi connectivity index (χ1n) is 4.90. The molecule has 92 valence electrons. The Morgan fingerprint density at radius 2 is 1.88 bits per heavy atom. The van der Waals surface area contributed by atoms with Gasteiger partial charge in [-0.25, -0.2) is 9.59 Å². The number of carboxylic acid groups (broad SMARTS) is 2. The fraction of sp³-hybridized carbons (Fsp3) is 0.273. The minimum absolute atomic E-state index is 0. The monoisotopic (exact) mass is 257 g/mol. The first kappa shape index (κ1) is 13.5. The van der Waals surface area contributed by atoms with Crippen LogP contribution in [0.3, 0.4) is 0 Å². The second-order valence-corrected chi connectivity index (χ2v) is 3.81. The Balaban J connectivity index is 0.00000144. The summed E-state index contributed by atoms with van der Waals surface area (Å²) in [5, 5.41) is 18.0. The number of carboxylic acids is 2. The third-order valence-corrected chi connectivity index (χ3v) is 2.90. The van der Waals surface area contributed by atoms with E-state index < -0.39 is 11.9 Å². The van der Waals surface area contributed by atoms with Crippen molar-refractivity contribution in [3.05, 3.63) is 34.4 Å². The molecule has 1 aromatic rings. The van der Waals surface area contributed by atoms with Gasteiger partial charge in [-0.2, -0.15) is 0 Å². The van der Waals surface area contributed by atoms with Gasteiger partial charge >= 0.3 is 11.9 Å². The van der Waals surface area contributed by atoms with Crippen molar-refractivity contribution >= 4 is 24.3 Å². The van der Waals surface area contributed by atoms with E-state index in [1.54, 1.807) is 6.07 Å². The smallest absolute Gasteiger partial charge is 0.336 e. The number of aromatic carboxylic acids is 2. The number of fused-ring (bicyclic) bond motifs is 1. The van der Waals surface area contributed by atoms with Crippen molar-refractivity contribution in [2.24, 2.45) is 5.73 Å². The van der Waals surface area contributed by atoms with E-state index >= 15 is 0 Å². The summed E-state index contributed by atoms with van der Waals surface area (Å²) in [5.41, 5.74) is 6.84. The van der Waals surface area contributed by atoms with Crippen molar-refractivity contribution in [2.75, 3.05) is 0 Å². The standard InChI is InChI=1S/C11H11NO4.ClH/c12-8-4-3-6-5(8)1-2-7(10(13)14)9(6)11(15)16;/h1-2,8H,3-4,12H2,(H,13,14)(H,15,16);1H. The van der Waals surface area contributed by atoms with Crippen LogP contribution in [0.25, 0.3) is 0 Å². The van der Waals surface area contributed by atoms with E-state index in [0.29, 0.717) is 18.4 Å². The maximum absolute atomic E-state index is 11.1. The van der Waals surface area contributed by atoms with Gasteiger partial charge in [0.25, 0.3) is 0 Å². The molecule has 1 aliphatic rings. The molecule has 17 heavy (non-hydrogen) atoms. The molecule has 1 atom stereocenters. The van der Waals surface area contributed by atoms with Crippen molar-refractivity contribution in [1.82, 2.24) is 0 Å². The highest BCUT2D eigenvalue weighted by Gasteiger charge is 2.28. The molecule has 0 spiro atoms. The highest BCUT2D eigenvalue weighted by atomic mass is 35.5. The molecule has 2 rings (SSSR count). The van der Waals surface area contributed by atoms with Gasteiger partial charge in [-0.3, -0.25) is 0 Å². The van der Waals surface area contributed by atoms with Crippen LogP contribution in [0, 0.1) is 0 Å². The normalized spacial score (nSPS) is 17.1. The number of rotatable bonds is 2. The van der Waals surface area contributed by atoms with Gasteiger partial charge in [0, 0.05) is 6.04 Å². The molecule has 1 aliphatic carbocycles. The van der Waals surface area contributed by atoms with Crippen LogP contribution in [0.15, 0.2) is 12.1 Å². The second-order valence-electron chi connectivity index (χ2n) is 3.81. The van der Waals surface area contributed by atoms with E-state index in [-0.39, 0.29) is 29.6 Å². The van der Waals surface area contributed by atoms with Crippen molar-refractivity contribution in [3.63, 3.8) is 0 Å². The molecule has 1 aromatic carbocycles.